The van der Waals surface area contributed by atoms with Crippen LogP contribution in [0.5, 0.6) is 0 Å². The van der Waals surface area contributed by atoms with Gasteiger partial charge in [-0.15, -0.1) is 0 Å². The Morgan fingerprint density at radius 1 is 1.33 bits per heavy atom. The number of carboxylic acid groups (broad SMARTS) is 1. The molecule has 0 spiro atoms. The molecule has 0 aromatic heterocycles. The van der Waals surface area contributed by atoms with Crippen LogP contribution in [0.15, 0.2) is 17.0 Å². The largest absolute Gasteiger partial charge is 0.478 e. The van der Waals surface area contributed by atoms with Crippen LogP contribution in [0.1, 0.15) is 10.4 Å². The van der Waals surface area contributed by atoms with E-state index in [2.05, 4.69) is 4.72 Å². The Morgan fingerprint density at radius 3 is 2.44 bits per heavy atom. The Hall–Kier alpha value is -0.860. The second-order valence-corrected chi connectivity index (χ2v) is 5.68. The van der Waals surface area contributed by atoms with Gasteiger partial charge in [-0.25, -0.2) is 17.9 Å². The maximum atomic E-state index is 11.8. The quantitative estimate of drug-likeness (QED) is 0.751. The second kappa shape index (κ2) is 5.85. The van der Waals surface area contributed by atoms with Crippen molar-refractivity contribution in [2.24, 2.45) is 0 Å². The predicted octanol–water partition coefficient (Wildman–Crippen LogP) is 0.962. The van der Waals surface area contributed by atoms with Crippen molar-refractivity contribution in [1.82, 2.24) is 4.72 Å². The summed E-state index contributed by atoms with van der Waals surface area (Å²) in [5.74, 6) is -1.43. The lowest BCUT2D eigenvalue weighted by Gasteiger charge is -2.10. The molecule has 0 saturated heterocycles. The summed E-state index contributed by atoms with van der Waals surface area (Å²) < 4.78 is 25.6. The number of rotatable bonds is 5. The zero-order valence-corrected chi connectivity index (χ0v) is 11.2. The van der Waals surface area contributed by atoms with Crippen molar-refractivity contribution in [2.75, 3.05) is 13.2 Å². The second-order valence-electron chi connectivity index (χ2n) is 3.16. The smallest absolute Gasteiger partial charge is 0.338 e. The molecule has 1 rings (SSSR count). The molecule has 100 valence electrons. The van der Waals surface area contributed by atoms with Gasteiger partial charge in [-0.2, -0.15) is 0 Å². The van der Waals surface area contributed by atoms with Crippen molar-refractivity contribution >= 4 is 39.2 Å². The third-order valence-electron chi connectivity index (χ3n) is 1.96. The molecule has 1 aromatic rings. The maximum Gasteiger partial charge on any atom is 0.338 e. The molecule has 0 heterocycles. The molecule has 0 atom stereocenters. The van der Waals surface area contributed by atoms with Crippen LogP contribution >= 0.6 is 23.2 Å². The average molecular weight is 314 g/mol. The first kappa shape index (κ1) is 15.2. The number of hydrogen-bond acceptors (Lipinski definition) is 4. The predicted molar refractivity (Wildman–Crippen MR) is 65.7 cm³/mol. The Bertz CT molecular complexity index is 573. The third kappa shape index (κ3) is 3.12. The summed E-state index contributed by atoms with van der Waals surface area (Å²) >= 11 is 11.4. The van der Waals surface area contributed by atoms with E-state index in [0.717, 1.165) is 12.1 Å². The highest BCUT2D eigenvalue weighted by Crippen LogP contribution is 2.30. The van der Waals surface area contributed by atoms with Crippen LogP contribution in [0.25, 0.3) is 0 Å². The maximum absolute atomic E-state index is 11.8. The number of benzene rings is 1. The van der Waals surface area contributed by atoms with Crippen molar-refractivity contribution in [1.29, 1.82) is 0 Å². The fourth-order valence-corrected chi connectivity index (χ4v) is 3.13. The van der Waals surface area contributed by atoms with Crippen LogP contribution in [0.3, 0.4) is 0 Å². The van der Waals surface area contributed by atoms with Gasteiger partial charge in [-0.1, -0.05) is 23.2 Å². The monoisotopic (exact) mass is 313 g/mol. The van der Waals surface area contributed by atoms with E-state index in [4.69, 9.17) is 33.4 Å². The van der Waals surface area contributed by atoms with Gasteiger partial charge in [0.25, 0.3) is 0 Å². The summed E-state index contributed by atoms with van der Waals surface area (Å²) in [4.78, 5) is 10.5. The molecular formula is C9H9Cl2NO5S. The summed E-state index contributed by atoms with van der Waals surface area (Å²) in [5, 5.41) is 16.8. The summed E-state index contributed by atoms with van der Waals surface area (Å²) in [6.07, 6.45) is 0. The van der Waals surface area contributed by atoms with E-state index in [9.17, 15) is 13.2 Å². The summed E-state index contributed by atoms with van der Waals surface area (Å²) in [7, 11) is -3.99. The van der Waals surface area contributed by atoms with Gasteiger partial charge in [0.05, 0.1) is 22.2 Å². The fraction of sp³-hybridized carbons (Fsp3) is 0.222. The molecule has 0 aliphatic carbocycles. The number of nitrogens with one attached hydrogen (secondary N) is 1. The van der Waals surface area contributed by atoms with Crippen molar-refractivity contribution in [2.45, 2.75) is 4.90 Å². The normalized spacial score (nSPS) is 11.5. The summed E-state index contributed by atoms with van der Waals surface area (Å²) in [6.45, 7) is -0.597. The minimum absolute atomic E-state index is 0.159. The number of halogens is 2. The summed E-state index contributed by atoms with van der Waals surface area (Å²) in [6, 6.07) is 2.22. The molecule has 0 amide bonds. The van der Waals surface area contributed by atoms with Crippen LogP contribution in [0.2, 0.25) is 10.0 Å². The molecule has 0 unspecified atom stereocenters. The standard InChI is InChI=1S/C9H9Cl2NO5S/c10-5-1-2-6(8(11)7(5)9(14)15)18(16,17)12-3-4-13/h1-2,12-13H,3-4H2,(H,14,15). The molecule has 0 radical (unpaired) electrons. The van der Waals surface area contributed by atoms with Crippen molar-refractivity contribution in [3.8, 4) is 0 Å². The third-order valence-corrected chi connectivity index (χ3v) is 4.29. The molecule has 9 heteroatoms. The van der Waals surface area contributed by atoms with E-state index in [0.29, 0.717) is 0 Å². The van der Waals surface area contributed by atoms with Crippen LogP contribution in [-0.2, 0) is 10.0 Å². The molecule has 1 aromatic carbocycles. The SMILES string of the molecule is O=C(O)c1c(Cl)ccc(S(=O)(=O)NCCO)c1Cl. The van der Waals surface area contributed by atoms with Crippen LogP contribution < -0.4 is 4.72 Å². The average Bonchev–Trinajstić information content (AvgIpc) is 2.25. The van der Waals surface area contributed by atoms with Gasteiger partial charge in [0, 0.05) is 6.54 Å². The van der Waals surface area contributed by atoms with Gasteiger partial charge in [0.2, 0.25) is 10.0 Å². The van der Waals surface area contributed by atoms with Crippen LogP contribution in [0, 0.1) is 0 Å². The number of carbonyl (C=O) groups is 1. The Morgan fingerprint density at radius 2 is 1.94 bits per heavy atom. The van der Waals surface area contributed by atoms with Crippen molar-refractivity contribution < 1.29 is 23.4 Å². The first-order valence-corrected chi connectivity index (χ1v) is 6.87. The van der Waals surface area contributed by atoms with E-state index in [1.807, 2.05) is 0 Å². The lowest BCUT2D eigenvalue weighted by atomic mass is 10.2. The molecule has 0 bridgehead atoms. The zero-order valence-electron chi connectivity index (χ0n) is 8.85. The zero-order chi connectivity index (χ0) is 13.9. The number of carboxylic acids is 1. The first-order valence-electron chi connectivity index (χ1n) is 4.63. The molecule has 0 saturated carbocycles. The molecule has 0 fully saturated rings. The topological polar surface area (TPSA) is 104 Å². The Labute approximate surface area is 113 Å². The highest BCUT2D eigenvalue weighted by atomic mass is 35.5. The number of hydrogen-bond donors (Lipinski definition) is 3. The van der Waals surface area contributed by atoms with Gasteiger partial charge in [0.15, 0.2) is 0 Å². The van der Waals surface area contributed by atoms with E-state index in [-0.39, 0.29) is 11.6 Å². The molecular weight excluding hydrogens is 305 g/mol. The lowest BCUT2D eigenvalue weighted by Crippen LogP contribution is -2.27. The van der Waals surface area contributed by atoms with Gasteiger partial charge >= 0.3 is 5.97 Å². The molecule has 3 N–H and O–H groups in total. The number of aliphatic hydroxyl groups excluding tert-OH is 1. The minimum atomic E-state index is -3.99. The first-order chi connectivity index (χ1) is 8.31. The molecule has 0 aliphatic heterocycles. The van der Waals surface area contributed by atoms with E-state index in [1.165, 1.54) is 0 Å². The lowest BCUT2D eigenvalue weighted by molar-refractivity contribution is 0.0697. The van der Waals surface area contributed by atoms with Crippen LogP contribution in [-0.4, -0.2) is 37.8 Å². The highest BCUT2D eigenvalue weighted by molar-refractivity contribution is 7.89. The molecule has 18 heavy (non-hydrogen) atoms. The fourth-order valence-electron chi connectivity index (χ4n) is 1.19. The van der Waals surface area contributed by atoms with Gasteiger partial charge in [-0.3, -0.25) is 0 Å². The Balaban J connectivity index is 3.36. The number of sulfonamides is 1. The van der Waals surface area contributed by atoms with E-state index >= 15 is 0 Å². The van der Waals surface area contributed by atoms with Crippen LogP contribution in [0.4, 0.5) is 0 Å². The minimum Gasteiger partial charge on any atom is -0.478 e. The van der Waals surface area contributed by atoms with E-state index < -0.39 is 38.1 Å². The van der Waals surface area contributed by atoms with Gasteiger partial charge < -0.3 is 10.2 Å². The van der Waals surface area contributed by atoms with E-state index in [1.54, 1.807) is 0 Å². The summed E-state index contributed by atoms with van der Waals surface area (Å²) in [5.41, 5.74) is -0.481. The van der Waals surface area contributed by atoms with Gasteiger partial charge in [-0.05, 0) is 12.1 Å². The number of aromatic carboxylic acids is 1. The van der Waals surface area contributed by atoms with Gasteiger partial charge in [0.1, 0.15) is 4.90 Å². The molecule has 0 aliphatic rings. The highest BCUT2D eigenvalue weighted by Gasteiger charge is 2.24. The Kier molecular flexibility index (Phi) is 4.94. The number of aliphatic hydroxyl groups is 1. The van der Waals surface area contributed by atoms with Crippen molar-refractivity contribution in [3.05, 3.63) is 27.7 Å². The van der Waals surface area contributed by atoms with Crippen molar-refractivity contribution in [3.63, 3.8) is 0 Å². The molecule has 6 nitrogen and oxygen atoms in total.